The van der Waals surface area contributed by atoms with Crippen LogP contribution >= 0.6 is 12.6 Å². The zero-order chi connectivity index (χ0) is 13.9. The number of ether oxygens (including phenoxy) is 2. The van der Waals surface area contributed by atoms with Crippen molar-refractivity contribution in [3.8, 4) is 0 Å². The Morgan fingerprint density at radius 2 is 1.50 bits per heavy atom. The normalized spacial score (nSPS) is 13.8. The standard InChI is InChI=1S/C15H32O2S/c1-5-7-8-9-10-11-12-14(13-18)15(6-2,16-3)17-4/h14,18H,5-13H2,1-4H3. The van der Waals surface area contributed by atoms with Crippen LogP contribution in [-0.2, 0) is 9.47 Å². The third-order valence-corrected chi connectivity index (χ3v) is 4.37. The van der Waals surface area contributed by atoms with E-state index in [9.17, 15) is 0 Å². The van der Waals surface area contributed by atoms with Gasteiger partial charge in [0.1, 0.15) is 0 Å². The molecular formula is C15H32O2S. The molecule has 0 aliphatic rings. The zero-order valence-corrected chi connectivity index (χ0v) is 13.6. The summed E-state index contributed by atoms with van der Waals surface area (Å²) >= 11 is 4.47. The van der Waals surface area contributed by atoms with E-state index >= 15 is 0 Å². The molecule has 0 aromatic carbocycles. The summed E-state index contributed by atoms with van der Waals surface area (Å²) < 4.78 is 11.2. The van der Waals surface area contributed by atoms with E-state index in [4.69, 9.17) is 9.47 Å². The van der Waals surface area contributed by atoms with Gasteiger partial charge in [0.15, 0.2) is 5.79 Å². The smallest absolute Gasteiger partial charge is 0.170 e. The molecule has 0 heterocycles. The topological polar surface area (TPSA) is 18.5 Å². The van der Waals surface area contributed by atoms with Crippen LogP contribution in [0, 0.1) is 5.92 Å². The maximum absolute atomic E-state index is 5.61. The van der Waals surface area contributed by atoms with Gasteiger partial charge in [-0.05, 0) is 18.6 Å². The molecule has 0 fully saturated rings. The molecule has 0 radical (unpaired) electrons. The highest BCUT2D eigenvalue weighted by Gasteiger charge is 2.36. The SMILES string of the molecule is CCCCCCCCC(CS)C(CC)(OC)OC. The molecule has 0 amide bonds. The Kier molecular flexibility index (Phi) is 11.3. The van der Waals surface area contributed by atoms with Crippen LogP contribution in [0.15, 0.2) is 0 Å². The molecule has 0 bridgehead atoms. The Bertz CT molecular complexity index is 173. The first-order valence-corrected chi connectivity index (χ1v) is 8.05. The van der Waals surface area contributed by atoms with Crippen molar-refractivity contribution >= 4 is 12.6 Å². The quantitative estimate of drug-likeness (QED) is 0.317. The van der Waals surface area contributed by atoms with Gasteiger partial charge in [-0.1, -0.05) is 52.4 Å². The van der Waals surface area contributed by atoms with Crippen LogP contribution in [0.2, 0.25) is 0 Å². The second-order valence-corrected chi connectivity index (χ2v) is 5.37. The van der Waals surface area contributed by atoms with Gasteiger partial charge in [0.2, 0.25) is 0 Å². The first-order chi connectivity index (χ1) is 8.70. The fourth-order valence-electron chi connectivity index (χ4n) is 2.62. The fraction of sp³-hybridized carbons (Fsp3) is 1.00. The van der Waals surface area contributed by atoms with Gasteiger partial charge in [-0.25, -0.2) is 0 Å². The first kappa shape index (κ1) is 18.3. The van der Waals surface area contributed by atoms with E-state index in [1.165, 1.54) is 38.5 Å². The summed E-state index contributed by atoms with van der Waals surface area (Å²) in [5.41, 5.74) is 0. The number of unbranched alkanes of at least 4 members (excludes halogenated alkanes) is 5. The molecule has 0 aromatic rings. The summed E-state index contributed by atoms with van der Waals surface area (Å²) in [6.45, 7) is 4.37. The van der Waals surface area contributed by atoms with Crippen molar-refractivity contribution in [1.29, 1.82) is 0 Å². The molecule has 1 unspecified atom stereocenters. The fourth-order valence-corrected chi connectivity index (χ4v) is 3.08. The monoisotopic (exact) mass is 276 g/mol. The van der Waals surface area contributed by atoms with E-state index in [-0.39, 0.29) is 0 Å². The Balaban J connectivity index is 4.01. The van der Waals surface area contributed by atoms with Gasteiger partial charge in [-0.3, -0.25) is 0 Å². The second-order valence-electron chi connectivity index (χ2n) is 5.01. The molecule has 0 saturated carbocycles. The van der Waals surface area contributed by atoms with E-state index in [2.05, 4.69) is 26.5 Å². The van der Waals surface area contributed by atoms with E-state index in [0.29, 0.717) is 5.92 Å². The van der Waals surface area contributed by atoms with Crippen molar-refractivity contribution in [3.63, 3.8) is 0 Å². The predicted molar refractivity (Wildman–Crippen MR) is 82.4 cm³/mol. The molecule has 0 rings (SSSR count). The summed E-state index contributed by atoms with van der Waals surface area (Å²) in [6, 6.07) is 0. The molecule has 0 N–H and O–H groups in total. The highest BCUT2D eigenvalue weighted by molar-refractivity contribution is 7.80. The largest absolute Gasteiger partial charge is 0.353 e. The maximum atomic E-state index is 5.61. The molecule has 3 heteroatoms. The lowest BCUT2D eigenvalue weighted by atomic mass is 9.91. The molecule has 0 saturated heterocycles. The van der Waals surface area contributed by atoms with E-state index in [1.807, 2.05) is 0 Å². The summed E-state index contributed by atoms with van der Waals surface area (Å²) in [5.74, 6) is 0.766. The molecule has 0 aromatic heterocycles. The van der Waals surface area contributed by atoms with Crippen LogP contribution in [0.5, 0.6) is 0 Å². The van der Waals surface area contributed by atoms with Gasteiger partial charge < -0.3 is 9.47 Å². The number of hydrogen-bond acceptors (Lipinski definition) is 3. The van der Waals surface area contributed by atoms with Crippen LogP contribution in [0.4, 0.5) is 0 Å². The number of rotatable bonds is 12. The lowest BCUT2D eigenvalue weighted by molar-refractivity contribution is -0.238. The lowest BCUT2D eigenvalue weighted by Crippen LogP contribution is -2.42. The van der Waals surface area contributed by atoms with Crippen LogP contribution in [0.3, 0.4) is 0 Å². The summed E-state index contributed by atoms with van der Waals surface area (Å²) in [5, 5.41) is 0. The van der Waals surface area contributed by atoms with Crippen molar-refractivity contribution in [2.24, 2.45) is 5.92 Å². The summed E-state index contributed by atoms with van der Waals surface area (Å²) in [7, 11) is 3.48. The minimum atomic E-state index is -0.439. The molecule has 0 spiro atoms. The Hall–Kier alpha value is 0.270. The predicted octanol–water partition coefficient (Wildman–Crippen LogP) is 4.68. The minimum absolute atomic E-state index is 0.381. The summed E-state index contributed by atoms with van der Waals surface area (Å²) in [6.07, 6.45) is 9.99. The summed E-state index contributed by atoms with van der Waals surface area (Å²) in [4.78, 5) is 0. The molecule has 2 nitrogen and oxygen atoms in total. The molecule has 1 atom stereocenters. The lowest BCUT2D eigenvalue weighted by Gasteiger charge is -2.37. The third kappa shape index (κ3) is 5.94. The Morgan fingerprint density at radius 1 is 0.944 bits per heavy atom. The molecule has 0 aliphatic heterocycles. The Morgan fingerprint density at radius 3 is 1.94 bits per heavy atom. The van der Waals surface area contributed by atoms with Crippen LogP contribution < -0.4 is 0 Å². The number of methoxy groups -OCH3 is 2. The van der Waals surface area contributed by atoms with Crippen molar-refractivity contribution in [3.05, 3.63) is 0 Å². The van der Waals surface area contributed by atoms with Crippen LogP contribution in [0.25, 0.3) is 0 Å². The number of thiol groups is 1. The highest BCUT2D eigenvalue weighted by atomic mass is 32.1. The second kappa shape index (κ2) is 11.1. The van der Waals surface area contributed by atoms with Crippen molar-refractivity contribution in [1.82, 2.24) is 0 Å². The molecule has 18 heavy (non-hydrogen) atoms. The van der Waals surface area contributed by atoms with E-state index in [1.54, 1.807) is 14.2 Å². The third-order valence-electron chi connectivity index (χ3n) is 3.93. The van der Waals surface area contributed by atoms with Crippen LogP contribution in [-0.4, -0.2) is 25.8 Å². The average molecular weight is 276 g/mol. The first-order valence-electron chi connectivity index (χ1n) is 7.41. The Labute approximate surface area is 119 Å². The molecule has 0 aliphatic carbocycles. The van der Waals surface area contributed by atoms with E-state index < -0.39 is 5.79 Å². The van der Waals surface area contributed by atoms with Crippen LogP contribution in [0.1, 0.15) is 65.2 Å². The van der Waals surface area contributed by atoms with Gasteiger partial charge in [0.05, 0.1) is 0 Å². The number of hydrogen-bond donors (Lipinski definition) is 1. The maximum Gasteiger partial charge on any atom is 0.170 e. The highest BCUT2D eigenvalue weighted by Crippen LogP contribution is 2.31. The van der Waals surface area contributed by atoms with Crippen molar-refractivity contribution in [2.45, 2.75) is 71.0 Å². The van der Waals surface area contributed by atoms with Gasteiger partial charge in [0, 0.05) is 20.1 Å². The molecular weight excluding hydrogens is 244 g/mol. The van der Waals surface area contributed by atoms with Gasteiger partial charge >= 0.3 is 0 Å². The minimum Gasteiger partial charge on any atom is -0.353 e. The van der Waals surface area contributed by atoms with E-state index in [0.717, 1.165) is 18.6 Å². The van der Waals surface area contributed by atoms with Gasteiger partial charge in [-0.15, -0.1) is 0 Å². The van der Waals surface area contributed by atoms with Gasteiger partial charge in [-0.2, -0.15) is 12.6 Å². The zero-order valence-electron chi connectivity index (χ0n) is 12.7. The average Bonchev–Trinajstić information content (AvgIpc) is 2.42. The van der Waals surface area contributed by atoms with Gasteiger partial charge in [0.25, 0.3) is 0 Å². The van der Waals surface area contributed by atoms with Crippen molar-refractivity contribution in [2.75, 3.05) is 20.0 Å². The molecule has 110 valence electrons. The van der Waals surface area contributed by atoms with Crippen molar-refractivity contribution < 1.29 is 9.47 Å².